The molecule has 0 fully saturated rings. The van der Waals surface area contributed by atoms with Crippen molar-refractivity contribution in [3.05, 3.63) is 61.2 Å². The lowest BCUT2D eigenvalue weighted by Gasteiger charge is -2.02. The molecule has 0 aliphatic heterocycles. The number of pyridine rings is 1. The van der Waals surface area contributed by atoms with Crippen molar-refractivity contribution in [2.45, 2.75) is 0 Å². The molecule has 4 heterocycles. The summed E-state index contributed by atoms with van der Waals surface area (Å²) in [5.74, 6) is 0. The number of hydrogen-bond donors (Lipinski definition) is 1. The summed E-state index contributed by atoms with van der Waals surface area (Å²) in [7, 11) is 0. The Morgan fingerprint density at radius 3 is 2.65 bits per heavy atom. The molecule has 4 aromatic heterocycles. The van der Waals surface area contributed by atoms with E-state index >= 15 is 0 Å². The Balaban J connectivity index is 2.09. The number of hydrogen-bond acceptors (Lipinski definition) is 3. The molecule has 4 aromatic rings. The van der Waals surface area contributed by atoms with Crippen LogP contribution in [0.15, 0.2) is 61.2 Å². The van der Waals surface area contributed by atoms with E-state index in [1.807, 2.05) is 47.1 Å². The third kappa shape index (κ3) is 1.60. The fourth-order valence-corrected chi connectivity index (χ4v) is 2.32. The normalized spacial score (nSPS) is 11.0. The molecule has 0 bridgehead atoms. The third-order valence-electron chi connectivity index (χ3n) is 3.20. The number of nitrogens with zero attached hydrogens (tertiary/aromatic N) is 4. The summed E-state index contributed by atoms with van der Waals surface area (Å²) >= 11 is 0. The van der Waals surface area contributed by atoms with Crippen LogP contribution in [-0.4, -0.2) is 24.6 Å². The van der Waals surface area contributed by atoms with Crippen molar-refractivity contribution in [2.24, 2.45) is 0 Å². The molecule has 0 unspecified atom stereocenters. The highest BCUT2D eigenvalue weighted by molar-refractivity contribution is 5.79. The van der Waals surface area contributed by atoms with Crippen molar-refractivity contribution in [3.8, 4) is 22.6 Å². The Morgan fingerprint density at radius 2 is 1.85 bits per heavy atom. The number of imidazole rings is 1. The number of aromatic nitrogens is 5. The third-order valence-corrected chi connectivity index (χ3v) is 3.20. The van der Waals surface area contributed by atoms with Gasteiger partial charge in [0.15, 0.2) is 5.65 Å². The molecule has 0 amide bonds. The standard InChI is InChI=1S/C15H11N5/c1-3-12(17-7-1)14-15(11-5-9-16-10-6-11)20-13(19-14)4-2-8-18-20/h1-10,17H. The van der Waals surface area contributed by atoms with Crippen molar-refractivity contribution < 1.29 is 0 Å². The summed E-state index contributed by atoms with van der Waals surface area (Å²) in [5.41, 5.74) is 4.69. The van der Waals surface area contributed by atoms with Crippen molar-refractivity contribution in [1.82, 2.24) is 24.6 Å². The lowest BCUT2D eigenvalue weighted by Crippen LogP contribution is -1.93. The first-order chi connectivity index (χ1) is 9.93. The molecule has 0 atom stereocenters. The summed E-state index contributed by atoms with van der Waals surface area (Å²) in [6.45, 7) is 0. The first kappa shape index (κ1) is 10.9. The maximum atomic E-state index is 4.68. The topological polar surface area (TPSA) is 58.9 Å². The predicted octanol–water partition coefficient (Wildman–Crippen LogP) is 2.79. The quantitative estimate of drug-likeness (QED) is 0.603. The Bertz CT molecular complexity index is 847. The van der Waals surface area contributed by atoms with Crippen molar-refractivity contribution in [2.75, 3.05) is 0 Å². The number of fused-ring (bicyclic) bond motifs is 1. The molecule has 96 valence electrons. The summed E-state index contributed by atoms with van der Waals surface area (Å²) in [4.78, 5) is 12.0. The van der Waals surface area contributed by atoms with E-state index in [0.29, 0.717) is 0 Å². The molecule has 0 saturated carbocycles. The van der Waals surface area contributed by atoms with Gasteiger partial charge in [-0.05, 0) is 36.4 Å². The molecule has 0 spiro atoms. The molecule has 20 heavy (non-hydrogen) atoms. The zero-order valence-electron chi connectivity index (χ0n) is 10.6. The number of rotatable bonds is 2. The van der Waals surface area contributed by atoms with Crippen LogP contribution in [-0.2, 0) is 0 Å². The van der Waals surface area contributed by atoms with E-state index in [4.69, 9.17) is 0 Å². The largest absolute Gasteiger partial charge is 0.360 e. The molecular weight excluding hydrogens is 250 g/mol. The predicted molar refractivity (Wildman–Crippen MR) is 76.0 cm³/mol. The SMILES string of the molecule is c1c[nH]c(-c2nc3cccnn3c2-c2ccncc2)c1. The van der Waals surface area contributed by atoms with Gasteiger partial charge in [-0.3, -0.25) is 4.98 Å². The van der Waals surface area contributed by atoms with Crippen LogP contribution in [0.1, 0.15) is 0 Å². The first-order valence-corrected chi connectivity index (χ1v) is 6.31. The van der Waals surface area contributed by atoms with Gasteiger partial charge >= 0.3 is 0 Å². The fraction of sp³-hybridized carbons (Fsp3) is 0. The molecule has 0 saturated heterocycles. The summed E-state index contributed by atoms with van der Waals surface area (Å²) in [6.07, 6.45) is 7.20. The van der Waals surface area contributed by atoms with Crippen molar-refractivity contribution in [3.63, 3.8) is 0 Å². The van der Waals surface area contributed by atoms with Crippen molar-refractivity contribution in [1.29, 1.82) is 0 Å². The van der Waals surface area contributed by atoms with Gasteiger partial charge < -0.3 is 4.98 Å². The van der Waals surface area contributed by atoms with Gasteiger partial charge in [0.25, 0.3) is 0 Å². The average molecular weight is 261 g/mol. The van der Waals surface area contributed by atoms with Gasteiger partial charge in [-0.2, -0.15) is 5.10 Å². The van der Waals surface area contributed by atoms with Crippen LogP contribution < -0.4 is 0 Å². The van der Waals surface area contributed by atoms with E-state index in [9.17, 15) is 0 Å². The van der Waals surface area contributed by atoms with E-state index in [-0.39, 0.29) is 0 Å². The number of nitrogens with one attached hydrogen (secondary N) is 1. The van der Waals surface area contributed by atoms with Crippen LogP contribution in [0.3, 0.4) is 0 Å². The minimum absolute atomic E-state index is 0.823. The minimum atomic E-state index is 0.823. The van der Waals surface area contributed by atoms with E-state index in [1.54, 1.807) is 18.6 Å². The summed E-state index contributed by atoms with van der Waals surface area (Å²) < 4.78 is 1.85. The van der Waals surface area contributed by atoms with Crippen LogP contribution in [0.4, 0.5) is 0 Å². The van der Waals surface area contributed by atoms with Gasteiger partial charge in [-0.1, -0.05) is 0 Å². The highest BCUT2D eigenvalue weighted by Gasteiger charge is 2.16. The van der Waals surface area contributed by atoms with E-state index in [2.05, 4.69) is 20.1 Å². The van der Waals surface area contributed by atoms with Crippen LogP contribution in [0, 0.1) is 0 Å². The van der Waals surface area contributed by atoms with Gasteiger partial charge in [0.2, 0.25) is 0 Å². The van der Waals surface area contributed by atoms with Gasteiger partial charge in [0, 0.05) is 30.4 Å². The molecule has 5 heteroatoms. The number of aromatic amines is 1. The lowest BCUT2D eigenvalue weighted by molar-refractivity contribution is 0.942. The Kier molecular flexibility index (Phi) is 2.35. The van der Waals surface area contributed by atoms with Crippen LogP contribution in [0.25, 0.3) is 28.3 Å². The highest BCUT2D eigenvalue weighted by atomic mass is 15.3. The monoisotopic (exact) mass is 261 g/mol. The van der Waals surface area contributed by atoms with Crippen LogP contribution in [0.2, 0.25) is 0 Å². The zero-order chi connectivity index (χ0) is 13.4. The summed E-state index contributed by atoms with van der Waals surface area (Å²) in [5, 5.41) is 4.41. The highest BCUT2D eigenvalue weighted by Crippen LogP contribution is 2.30. The molecule has 5 nitrogen and oxygen atoms in total. The fourth-order valence-electron chi connectivity index (χ4n) is 2.32. The molecule has 0 aliphatic carbocycles. The molecule has 0 aromatic carbocycles. The van der Waals surface area contributed by atoms with Gasteiger partial charge in [0.1, 0.15) is 11.4 Å². The van der Waals surface area contributed by atoms with E-state index in [0.717, 1.165) is 28.3 Å². The van der Waals surface area contributed by atoms with Gasteiger partial charge in [0.05, 0.1) is 5.69 Å². The Labute approximate surface area is 115 Å². The van der Waals surface area contributed by atoms with Gasteiger partial charge in [-0.15, -0.1) is 0 Å². The summed E-state index contributed by atoms with van der Waals surface area (Å²) in [6, 6.07) is 11.7. The molecular formula is C15H11N5. The Hall–Kier alpha value is -2.95. The number of H-pyrrole nitrogens is 1. The van der Waals surface area contributed by atoms with Crippen LogP contribution >= 0.6 is 0 Å². The second-order valence-electron chi connectivity index (χ2n) is 4.42. The maximum Gasteiger partial charge on any atom is 0.155 e. The minimum Gasteiger partial charge on any atom is -0.360 e. The Morgan fingerprint density at radius 1 is 0.950 bits per heavy atom. The average Bonchev–Trinajstić information content (AvgIpc) is 3.15. The maximum absolute atomic E-state index is 4.68. The second kappa shape index (κ2) is 4.31. The van der Waals surface area contributed by atoms with Gasteiger partial charge in [-0.25, -0.2) is 9.50 Å². The molecule has 4 rings (SSSR count). The molecule has 1 N–H and O–H groups in total. The smallest absolute Gasteiger partial charge is 0.155 e. The van der Waals surface area contributed by atoms with E-state index in [1.165, 1.54) is 0 Å². The molecule has 0 aliphatic rings. The molecule has 0 radical (unpaired) electrons. The zero-order valence-corrected chi connectivity index (χ0v) is 10.6. The van der Waals surface area contributed by atoms with E-state index < -0.39 is 0 Å². The van der Waals surface area contributed by atoms with Crippen molar-refractivity contribution >= 4 is 5.65 Å². The second-order valence-corrected chi connectivity index (χ2v) is 4.42. The lowest BCUT2D eigenvalue weighted by atomic mass is 10.1. The van der Waals surface area contributed by atoms with Crippen LogP contribution in [0.5, 0.6) is 0 Å². The first-order valence-electron chi connectivity index (χ1n) is 6.31.